The zero-order valence-electron chi connectivity index (χ0n) is 10.7. The quantitative estimate of drug-likeness (QED) is 0.686. The molecule has 0 aliphatic heterocycles. The van der Waals surface area contributed by atoms with Gasteiger partial charge in [0.25, 0.3) is 0 Å². The molecule has 1 heterocycles. The first-order chi connectivity index (χ1) is 7.70. The Labute approximate surface area is 98.8 Å². The SMILES string of the molecule is CC(C)OCCCCNCc1cccn1C. The summed E-state index contributed by atoms with van der Waals surface area (Å²) in [6.45, 7) is 7.05. The largest absolute Gasteiger partial charge is 0.379 e. The van der Waals surface area contributed by atoms with Gasteiger partial charge in [0.05, 0.1) is 6.10 Å². The zero-order chi connectivity index (χ0) is 11.8. The average Bonchev–Trinajstić information content (AvgIpc) is 2.62. The van der Waals surface area contributed by atoms with Crippen LogP contribution >= 0.6 is 0 Å². The van der Waals surface area contributed by atoms with Gasteiger partial charge in [0.15, 0.2) is 0 Å². The van der Waals surface area contributed by atoms with Gasteiger partial charge in [-0.05, 0) is 45.4 Å². The lowest BCUT2D eigenvalue weighted by Crippen LogP contribution is -2.17. The molecule has 0 aliphatic carbocycles. The highest BCUT2D eigenvalue weighted by atomic mass is 16.5. The third-order valence-corrected chi connectivity index (χ3v) is 2.56. The Morgan fingerprint density at radius 3 is 2.81 bits per heavy atom. The van der Waals surface area contributed by atoms with Gasteiger partial charge in [0.1, 0.15) is 0 Å². The summed E-state index contributed by atoms with van der Waals surface area (Å²) in [6, 6.07) is 4.22. The molecule has 0 aromatic carbocycles. The second-order valence-corrected chi connectivity index (χ2v) is 4.41. The molecule has 1 aromatic rings. The topological polar surface area (TPSA) is 26.2 Å². The molecule has 0 atom stereocenters. The summed E-state index contributed by atoms with van der Waals surface area (Å²) in [4.78, 5) is 0. The molecule has 3 nitrogen and oxygen atoms in total. The lowest BCUT2D eigenvalue weighted by Gasteiger charge is -2.08. The first-order valence-electron chi connectivity index (χ1n) is 6.12. The average molecular weight is 224 g/mol. The second-order valence-electron chi connectivity index (χ2n) is 4.41. The van der Waals surface area contributed by atoms with Crippen molar-refractivity contribution in [2.45, 2.75) is 39.3 Å². The molecule has 0 bridgehead atoms. The number of aromatic nitrogens is 1. The first-order valence-corrected chi connectivity index (χ1v) is 6.12. The van der Waals surface area contributed by atoms with Crippen LogP contribution in [0.1, 0.15) is 32.4 Å². The minimum absolute atomic E-state index is 0.358. The van der Waals surface area contributed by atoms with Gasteiger partial charge in [-0.25, -0.2) is 0 Å². The van der Waals surface area contributed by atoms with E-state index in [2.05, 4.69) is 49.1 Å². The summed E-state index contributed by atoms with van der Waals surface area (Å²) in [7, 11) is 2.08. The highest BCUT2D eigenvalue weighted by Gasteiger charge is 1.96. The van der Waals surface area contributed by atoms with E-state index in [9.17, 15) is 0 Å². The van der Waals surface area contributed by atoms with Crippen LogP contribution in [-0.4, -0.2) is 23.8 Å². The third kappa shape index (κ3) is 5.33. The third-order valence-electron chi connectivity index (χ3n) is 2.56. The zero-order valence-corrected chi connectivity index (χ0v) is 10.7. The number of hydrogen-bond acceptors (Lipinski definition) is 2. The van der Waals surface area contributed by atoms with Gasteiger partial charge in [-0.1, -0.05) is 0 Å². The summed E-state index contributed by atoms with van der Waals surface area (Å²) in [5, 5.41) is 3.44. The van der Waals surface area contributed by atoms with Crippen molar-refractivity contribution >= 4 is 0 Å². The molecule has 92 valence electrons. The molecule has 0 fully saturated rings. The molecule has 1 N–H and O–H groups in total. The van der Waals surface area contributed by atoms with Gasteiger partial charge in [-0.15, -0.1) is 0 Å². The summed E-state index contributed by atoms with van der Waals surface area (Å²) in [5.41, 5.74) is 1.33. The molecule has 1 rings (SSSR count). The standard InChI is InChI=1S/C13H24N2O/c1-12(2)16-10-5-4-8-14-11-13-7-6-9-15(13)3/h6-7,9,12,14H,4-5,8,10-11H2,1-3H3. The van der Waals surface area contributed by atoms with Crippen LogP contribution in [0.25, 0.3) is 0 Å². The normalized spacial score (nSPS) is 11.2. The van der Waals surface area contributed by atoms with Crippen molar-refractivity contribution in [3.05, 3.63) is 24.0 Å². The van der Waals surface area contributed by atoms with E-state index in [0.29, 0.717) is 6.10 Å². The molecule has 0 aliphatic rings. The van der Waals surface area contributed by atoms with Crippen LogP contribution < -0.4 is 5.32 Å². The smallest absolute Gasteiger partial charge is 0.0518 e. The van der Waals surface area contributed by atoms with Crippen molar-refractivity contribution in [2.75, 3.05) is 13.2 Å². The Hall–Kier alpha value is -0.800. The van der Waals surface area contributed by atoms with Crippen molar-refractivity contribution in [3.63, 3.8) is 0 Å². The van der Waals surface area contributed by atoms with Crippen LogP contribution in [-0.2, 0) is 18.3 Å². The van der Waals surface area contributed by atoms with E-state index in [-0.39, 0.29) is 0 Å². The Morgan fingerprint density at radius 1 is 1.38 bits per heavy atom. The molecule has 16 heavy (non-hydrogen) atoms. The van der Waals surface area contributed by atoms with Crippen molar-refractivity contribution < 1.29 is 4.74 Å². The molecule has 0 radical (unpaired) electrons. The highest BCUT2D eigenvalue weighted by Crippen LogP contribution is 1.99. The van der Waals surface area contributed by atoms with Crippen molar-refractivity contribution in [1.29, 1.82) is 0 Å². The van der Waals surface area contributed by atoms with E-state index >= 15 is 0 Å². The maximum absolute atomic E-state index is 5.48. The number of ether oxygens (including phenoxy) is 1. The summed E-state index contributed by atoms with van der Waals surface area (Å²) in [6.07, 6.45) is 4.75. The fraction of sp³-hybridized carbons (Fsp3) is 0.692. The number of nitrogens with zero attached hydrogens (tertiary/aromatic N) is 1. The second kappa shape index (κ2) is 7.47. The first kappa shape index (κ1) is 13.3. The van der Waals surface area contributed by atoms with Crippen LogP contribution in [0, 0.1) is 0 Å². The molecule has 0 saturated carbocycles. The number of nitrogens with one attached hydrogen (secondary N) is 1. The fourth-order valence-corrected chi connectivity index (χ4v) is 1.57. The fourth-order valence-electron chi connectivity index (χ4n) is 1.57. The number of aryl methyl sites for hydroxylation is 1. The number of hydrogen-bond donors (Lipinski definition) is 1. The molecule has 1 aromatic heterocycles. The van der Waals surface area contributed by atoms with Crippen LogP contribution in [0.15, 0.2) is 18.3 Å². The summed E-state index contributed by atoms with van der Waals surface area (Å²) < 4.78 is 7.63. The predicted octanol–water partition coefficient (Wildman–Crippen LogP) is 2.32. The van der Waals surface area contributed by atoms with E-state index < -0.39 is 0 Å². The van der Waals surface area contributed by atoms with Gasteiger partial charge in [0.2, 0.25) is 0 Å². The van der Waals surface area contributed by atoms with E-state index in [1.165, 1.54) is 12.1 Å². The summed E-state index contributed by atoms with van der Waals surface area (Å²) in [5.74, 6) is 0. The maximum atomic E-state index is 5.48. The minimum atomic E-state index is 0.358. The molecule has 0 saturated heterocycles. The monoisotopic (exact) mass is 224 g/mol. The minimum Gasteiger partial charge on any atom is -0.379 e. The molecule has 0 amide bonds. The maximum Gasteiger partial charge on any atom is 0.0518 e. The van der Waals surface area contributed by atoms with Gasteiger partial charge in [-0.2, -0.15) is 0 Å². The van der Waals surface area contributed by atoms with Gasteiger partial charge in [0, 0.05) is 32.1 Å². The number of unbranched alkanes of at least 4 members (excludes halogenated alkanes) is 1. The lowest BCUT2D eigenvalue weighted by molar-refractivity contribution is 0.0760. The molecule has 0 unspecified atom stereocenters. The number of rotatable bonds is 8. The van der Waals surface area contributed by atoms with Crippen molar-refractivity contribution in [2.24, 2.45) is 7.05 Å². The van der Waals surface area contributed by atoms with E-state index in [1.54, 1.807) is 0 Å². The molecule has 3 heteroatoms. The van der Waals surface area contributed by atoms with Crippen LogP contribution in [0.4, 0.5) is 0 Å². The highest BCUT2D eigenvalue weighted by molar-refractivity contribution is 5.05. The van der Waals surface area contributed by atoms with Crippen molar-refractivity contribution in [3.8, 4) is 0 Å². The van der Waals surface area contributed by atoms with E-state index in [4.69, 9.17) is 4.74 Å². The predicted molar refractivity (Wildman–Crippen MR) is 67.4 cm³/mol. The van der Waals surface area contributed by atoms with Gasteiger partial charge < -0.3 is 14.6 Å². The van der Waals surface area contributed by atoms with Gasteiger partial charge in [-0.3, -0.25) is 0 Å². The summed E-state index contributed by atoms with van der Waals surface area (Å²) >= 11 is 0. The Morgan fingerprint density at radius 2 is 2.19 bits per heavy atom. The van der Waals surface area contributed by atoms with Crippen LogP contribution in [0.5, 0.6) is 0 Å². The van der Waals surface area contributed by atoms with Gasteiger partial charge >= 0.3 is 0 Å². The Balaban J connectivity index is 1.94. The van der Waals surface area contributed by atoms with E-state index in [0.717, 1.165) is 26.1 Å². The van der Waals surface area contributed by atoms with Crippen molar-refractivity contribution in [1.82, 2.24) is 9.88 Å². The van der Waals surface area contributed by atoms with Crippen LogP contribution in [0.2, 0.25) is 0 Å². The Bertz CT molecular complexity index is 281. The molecular formula is C13H24N2O. The van der Waals surface area contributed by atoms with Crippen LogP contribution in [0.3, 0.4) is 0 Å². The molecule has 0 spiro atoms. The molecular weight excluding hydrogens is 200 g/mol. The van der Waals surface area contributed by atoms with E-state index in [1.807, 2.05) is 0 Å². The lowest BCUT2D eigenvalue weighted by atomic mass is 10.3. The Kier molecular flexibility index (Phi) is 6.19.